The first-order valence-corrected chi connectivity index (χ1v) is 11.1. The van der Waals surface area contributed by atoms with E-state index in [1.807, 2.05) is 0 Å². The molecule has 0 radical (unpaired) electrons. The molecule has 0 saturated heterocycles. The van der Waals surface area contributed by atoms with Gasteiger partial charge < -0.3 is 10.1 Å². The van der Waals surface area contributed by atoms with Crippen molar-refractivity contribution in [3.05, 3.63) is 96.2 Å². The molecule has 1 aromatic heterocycles. The standard InChI is InChI=1S/C24H25FN2O3S/c1-17(12-18(2)30-4)20-8-7-9-21(14-20)31(28,29)27-16-19(15-26-3)13-24(27)22-10-5-6-11-23(22)25/h5-14,16,26H,1,15H2,2-4H3/b18-12+. The fraction of sp³-hybridized carbons (Fsp3) is 0.167. The van der Waals surface area contributed by atoms with Crippen molar-refractivity contribution in [1.82, 2.24) is 9.29 Å². The number of allylic oxidation sites excluding steroid dienone is 3. The fourth-order valence-electron chi connectivity index (χ4n) is 3.22. The molecule has 5 nitrogen and oxygen atoms in total. The maximum atomic E-state index is 14.5. The number of methoxy groups -OCH3 is 1. The molecule has 162 valence electrons. The zero-order valence-corrected chi connectivity index (χ0v) is 18.5. The van der Waals surface area contributed by atoms with Gasteiger partial charge >= 0.3 is 0 Å². The van der Waals surface area contributed by atoms with Crippen LogP contribution >= 0.6 is 0 Å². The predicted molar refractivity (Wildman–Crippen MR) is 121 cm³/mol. The average molecular weight is 441 g/mol. The van der Waals surface area contributed by atoms with E-state index in [2.05, 4.69) is 11.9 Å². The maximum Gasteiger partial charge on any atom is 0.268 e. The van der Waals surface area contributed by atoms with Crippen molar-refractivity contribution >= 4 is 15.6 Å². The summed E-state index contributed by atoms with van der Waals surface area (Å²) < 4.78 is 47.9. The van der Waals surface area contributed by atoms with E-state index in [-0.39, 0.29) is 16.2 Å². The Balaban J connectivity index is 2.14. The van der Waals surface area contributed by atoms with Crippen LogP contribution in [0.5, 0.6) is 0 Å². The largest absolute Gasteiger partial charge is 0.501 e. The first kappa shape index (κ1) is 22.5. The smallest absolute Gasteiger partial charge is 0.268 e. The monoisotopic (exact) mass is 440 g/mol. The van der Waals surface area contributed by atoms with Gasteiger partial charge in [0, 0.05) is 18.3 Å². The van der Waals surface area contributed by atoms with Crippen molar-refractivity contribution in [3.8, 4) is 11.3 Å². The van der Waals surface area contributed by atoms with Crippen LogP contribution in [0.2, 0.25) is 0 Å². The predicted octanol–water partition coefficient (Wildman–Crippen LogP) is 4.81. The Morgan fingerprint density at radius 3 is 2.61 bits per heavy atom. The van der Waals surface area contributed by atoms with Crippen LogP contribution in [0.25, 0.3) is 16.8 Å². The van der Waals surface area contributed by atoms with Gasteiger partial charge in [-0.3, -0.25) is 0 Å². The Bertz CT molecular complexity index is 1240. The van der Waals surface area contributed by atoms with Gasteiger partial charge in [-0.25, -0.2) is 16.8 Å². The molecule has 2 aromatic carbocycles. The van der Waals surface area contributed by atoms with Crippen LogP contribution in [0, 0.1) is 5.82 Å². The topological polar surface area (TPSA) is 60.3 Å². The van der Waals surface area contributed by atoms with E-state index in [9.17, 15) is 12.8 Å². The summed E-state index contributed by atoms with van der Waals surface area (Å²) >= 11 is 0. The summed E-state index contributed by atoms with van der Waals surface area (Å²) in [7, 11) is -0.675. The van der Waals surface area contributed by atoms with Gasteiger partial charge in [0.25, 0.3) is 10.0 Å². The van der Waals surface area contributed by atoms with Crippen LogP contribution in [-0.4, -0.2) is 26.5 Å². The zero-order chi connectivity index (χ0) is 22.6. The molecular weight excluding hydrogens is 415 g/mol. The molecule has 0 aliphatic carbocycles. The summed E-state index contributed by atoms with van der Waals surface area (Å²) in [5.41, 5.74) is 2.47. The molecule has 1 N–H and O–H groups in total. The highest BCUT2D eigenvalue weighted by Gasteiger charge is 2.23. The lowest BCUT2D eigenvalue weighted by molar-refractivity contribution is 0.294. The number of halogens is 1. The quantitative estimate of drug-likeness (QED) is 0.403. The van der Waals surface area contributed by atoms with Gasteiger partial charge in [0.05, 0.1) is 23.5 Å². The maximum absolute atomic E-state index is 14.5. The molecule has 0 atom stereocenters. The van der Waals surface area contributed by atoms with Crippen molar-refractivity contribution in [1.29, 1.82) is 0 Å². The van der Waals surface area contributed by atoms with Crippen molar-refractivity contribution in [2.75, 3.05) is 14.2 Å². The lowest BCUT2D eigenvalue weighted by Crippen LogP contribution is -2.14. The molecule has 31 heavy (non-hydrogen) atoms. The van der Waals surface area contributed by atoms with Crippen LogP contribution in [0.3, 0.4) is 0 Å². The number of benzene rings is 2. The van der Waals surface area contributed by atoms with Crippen LogP contribution in [0.4, 0.5) is 4.39 Å². The number of nitrogens with one attached hydrogen (secondary N) is 1. The van der Waals surface area contributed by atoms with Gasteiger partial charge in [0.1, 0.15) is 5.82 Å². The Morgan fingerprint density at radius 2 is 1.94 bits per heavy atom. The molecule has 1 heterocycles. The van der Waals surface area contributed by atoms with E-state index >= 15 is 0 Å². The summed E-state index contributed by atoms with van der Waals surface area (Å²) in [4.78, 5) is 0.0822. The van der Waals surface area contributed by atoms with Crippen molar-refractivity contribution in [3.63, 3.8) is 0 Å². The van der Waals surface area contributed by atoms with Gasteiger partial charge in [-0.15, -0.1) is 0 Å². The summed E-state index contributed by atoms with van der Waals surface area (Å²) in [5, 5.41) is 3.00. The second kappa shape index (κ2) is 9.32. The second-order valence-electron chi connectivity index (χ2n) is 7.06. The fourth-order valence-corrected chi connectivity index (χ4v) is 4.66. The molecule has 0 fully saturated rings. The van der Waals surface area contributed by atoms with Crippen LogP contribution in [-0.2, 0) is 21.3 Å². The van der Waals surface area contributed by atoms with Gasteiger partial charge in [0.15, 0.2) is 0 Å². The molecule has 0 saturated carbocycles. The SMILES string of the molecule is C=C(/C=C(\C)OC)c1cccc(S(=O)(=O)n2cc(CNC)cc2-c2ccccc2F)c1. The first-order chi connectivity index (χ1) is 14.8. The minimum absolute atomic E-state index is 0.0822. The van der Waals surface area contributed by atoms with Crippen LogP contribution in [0.15, 0.2) is 84.1 Å². The highest BCUT2D eigenvalue weighted by Crippen LogP contribution is 2.30. The number of hydrogen-bond donors (Lipinski definition) is 1. The zero-order valence-electron chi connectivity index (χ0n) is 17.7. The van der Waals surface area contributed by atoms with E-state index < -0.39 is 15.8 Å². The Labute approximate surface area is 182 Å². The van der Waals surface area contributed by atoms with Gasteiger partial charge in [0.2, 0.25) is 0 Å². The Kier molecular flexibility index (Phi) is 6.77. The summed E-state index contributed by atoms with van der Waals surface area (Å²) in [6, 6.07) is 14.3. The molecule has 0 unspecified atom stereocenters. The number of ether oxygens (including phenoxy) is 1. The molecular formula is C24H25FN2O3S. The Morgan fingerprint density at radius 1 is 1.19 bits per heavy atom. The van der Waals surface area contributed by atoms with E-state index in [1.54, 1.807) is 69.6 Å². The normalized spacial score (nSPS) is 12.1. The summed E-state index contributed by atoms with van der Waals surface area (Å²) in [6.45, 7) is 6.23. The van der Waals surface area contributed by atoms with E-state index in [4.69, 9.17) is 4.74 Å². The second-order valence-corrected chi connectivity index (χ2v) is 8.87. The Hall–Kier alpha value is -3.16. The van der Waals surface area contributed by atoms with E-state index in [1.165, 1.54) is 18.3 Å². The number of rotatable bonds is 8. The van der Waals surface area contributed by atoms with Crippen molar-refractivity contribution < 1.29 is 17.5 Å². The lowest BCUT2D eigenvalue weighted by atomic mass is 10.1. The van der Waals surface area contributed by atoms with Gasteiger partial charge in [-0.05, 0) is 67.1 Å². The molecule has 3 aromatic rings. The molecule has 3 rings (SSSR count). The van der Waals surface area contributed by atoms with E-state index in [0.717, 1.165) is 9.54 Å². The third-order valence-electron chi connectivity index (χ3n) is 4.83. The van der Waals surface area contributed by atoms with Crippen LogP contribution < -0.4 is 5.32 Å². The minimum atomic E-state index is -3.99. The lowest BCUT2D eigenvalue weighted by Gasteiger charge is -2.12. The molecule has 0 aliphatic heterocycles. The summed E-state index contributed by atoms with van der Waals surface area (Å²) in [6.07, 6.45) is 3.25. The number of nitrogens with zero attached hydrogens (tertiary/aromatic N) is 1. The molecule has 0 spiro atoms. The minimum Gasteiger partial charge on any atom is -0.501 e. The van der Waals surface area contributed by atoms with Crippen molar-refractivity contribution in [2.24, 2.45) is 0 Å². The highest BCUT2D eigenvalue weighted by atomic mass is 32.2. The summed E-state index contributed by atoms with van der Waals surface area (Å²) in [5.74, 6) is 0.164. The third kappa shape index (κ3) is 4.78. The third-order valence-corrected chi connectivity index (χ3v) is 6.50. The average Bonchev–Trinajstić information content (AvgIpc) is 3.19. The van der Waals surface area contributed by atoms with Crippen LogP contribution in [0.1, 0.15) is 18.1 Å². The molecule has 0 amide bonds. The van der Waals surface area contributed by atoms with E-state index in [0.29, 0.717) is 23.4 Å². The number of aromatic nitrogens is 1. The molecule has 7 heteroatoms. The molecule has 0 aliphatic rings. The highest BCUT2D eigenvalue weighted by molar-refractivity contribution is 7.90. The van der Waals surface area contributed by atoms with Gasteiger partial charge in [-0.2, -0.15) is 0 Å². The van der Waals surface area contributed by atoms with Crippen molar-refractivity contribution in [2.45, 2.75) is 18.4 Å². The van der Waals surface area contributed by atoms with Gasteiger partial charge in [-0.1, -0.05) is 30.8 Å². The number of hydrogen-bond acceptors (Lipinski definition) is 4. The molecule has 0 bridgehead atoms. The first-order valence-electron chi connectivity index (χ1n) is 9.66.